The maximum absolute atomic E-state index is 12.3. The van der Waals surface area contributed by atoms with Crippen molar-refractivity contribution in [2.45, 2.75) is 63.5 Å². The number of hydrogen-bond acceptors (Lipinski definition) is 6. The largest absolute Gasteiger partial charge is 0.444 e. The minimum absolute atomic E-state index is 0.0768. The van der Waals surface area contributed by atoms with E-state index in [1.807, 2.05) is 6.92 Å². The highest BCUT2D eigenvalue weighted by atomic mass is 32.2. The number of carbonyl (C=O) groups excluding carboxylic acids is 2. The Bertz CT molecular complexity index is 903. The summed E-state index contributed by atoms with van der Waals surface area (Å²) in [6.45, 7) is 10.7. The first kappa shape index (κ1) is 26.2. The summed E-state index contributed by atoms with van der Waals surface area (Å²) in [6.07, 6.45) is 1.54. The Morgan fingerprint density at radius 3 is 2.42 bits per heavy atom. The fourth-order valence-electron chi connectivity index (χ4n) is 2.49. The van der Waals surface area contributed by atoms with E-state index in [4.69, 9.17) is 10.5 Å². The van der Waals surface area contributed by atoms with E-state index in [1.54, 1.807) is 32.9 Å². The van der Waals surface area contributed by atoms with Gasteiger partial charge in [0.05, 0.1) is 10.9 Å². The molecule has 1 unspecified atom stereocenters. The number of rotatable bonds is 10. The zero-order chi connectivity index (χ0) is 23.7. The molecule has 0 saturated carbocycles. The Kier molecular flexibility index (Phi) is 9.70. The molecule has 10 heteroatoms. The Labute approximate surface area is 184 Å². The van der Waals surface area contributed by atoms with Gasteiger partial charge in [-0.3, -0.25) is 9.79 Å². The van der Waals surface area contributed by atoms with Crippen LogP contribution in [-0.4, -0.2) is 44.4 Å². The van der Waals surface area contributed by atoms with Gasteiger partial charge in [-0.25, -0.2) is 17.9 Å². The molecule has 9 nitrogen and oxygen atoms in total. The quantitative estimate of drug-likeness (QED) is 0.215. The van der Waals surface area contributed by atoms with E-state index >= 15 is 0 Å². The van der Waals surface area contributed by atoms with Crippen LogP contribution in [0.1, 0.15) is 45.6 Å². The average Bonchev–Trinajstić information content (AvgIpc) is 2.62. The van der Waals surface area contributed by atoms with Crippen LogP contribution in [0.4, 0.5) is 4.79 Å². The molecule has 0 spiro atoms. The van der Waals surface area contributed by atoms with Gasteiger partial charge < -0.3 is 15.8 Å². The molecule has 31 heavy (non-hydrogen) atoms. The third kappa shape index (κ3) is 10.1. The highest BCUT2D eigenvalue weighted by molar-refractivity contribution is 7.90. The molecule has 1 aromatic carbocycles. The van der Waals surface area contributed by atoms with Crippen LogP contribution in [0.5, 0.6) is 0 Å². The molecular weight excluding hydrogens is 420 g/mol. The lowest BCUT2D eigenvalue weighted by molar-refractivity contribution is -0.120. The van der Waals surface area contributed by atoms with Crippen molar-refractivity contribution in [1.29, 1.82) is 0 Å². The van der Waals surface area contributed by atoms with E-state index < -0.39 is 27.8 Å². The predicted octanol–water partition coefficient (Wildman–Crippen LogP) is 2.41. The number of carbonyl (C=O) groups is 2. The van der Waals surface area contributed by atoms with Gasteiger partial charge in [-0.15, -0.1) is 6.58 Å². The Morgan fingerprint density at radius 1 is 1.26 bits per heavy atom. The number of alkyl carbamates (subject to hydrolysis) is 1. The Balaban J connectivity index is 2.65. The van der Waals surface area contributed by atoms with Crippen molar-refractivity contribution < 1.29 is 22.7 Å². The van der Waals surface area contributed by atoms with Gasteiger partial charge in [0, 0.05) is 13.0 Å². The molecule has 1 amide bonds. The maximum Gasteiger partial charge on any atom is 0.408 e. The molecule has 0 aliphatic heterocycles. The van der Waals surface area contributed by atoms with Crippen LogP contribution in [0.25, 0.3) is 0 Å². The molecular formula is C21H32N4O5S. The summed E-state index contributed by atoms with van der Waals surface area (Å²) in [5.74, 6) is -0.465. The van der Waals surface area contributed by atoms with Gasteiger partial charge in [0.25, 0.3) is 10.0 Å². The number of ether oxygens (including phenoxy) is 1. The molecule has 0 heterocycles. The van der Waals surface area contributed by atoms with Crippen molar-refractivity contribution in [2.75, 3.05) is 6.54 Å². The normalized spacial score (nSPS) is 13.2. The van der Waals surface area contributed by atoms with E-state index in [9.17, 15) is 18.0 Å². The lowest BCUT2D eigenvalue weighted by atomic mass is 10.0. The van der Waals surface area contributed by atoms with E-state index in [1.165, 1.54) is 18.2 Å². The van der Waals surface area contributed by atoms with Crippen LogP contribution in [0.2, 0.25) is 0 Å². The molecule has 0 radical (unpaired) electrons. The second kappa shape index (κ2) is 11.5. The summed E-state index contributed by atoms with van der Waals surface area (Å²) in [6, 6.07) is 5.54. The van der Waals surface area contributed by atoms with Crippen LogP contribution in [0, 0.1) is 6.92 Å². The fourth-order valence-corrected chi connectivity index (χ4v) is 3.44. The van der Waals surface area contributed by atoms with Crippen LogP contribution in [0.15, 0.2) is 46.8 Å². The summed E-state index contributed by atoms with van der Waals surface area (Å²) < 4.78 is 32.0. The molecule has 1 aromatic rings. The predicted molar refractivity (Wildman–Crippen MR) is 120 cm³/mol. The third-order valence-corrected chi connectivity index (χ3v) is 5.30. The molecule has 4 N–H and O–H groups in total. The zero-order valence-electron chi connectivity index (χ0n) is 18.5. The van der Waals surface area contributed by atoms with Crippen LogP contribution < -0.4 is 15.8 Å². The number of allylic oxidation sites excluding steroid dienone is 1. The van der Waals surface area contributed by atoms with Gasteiger partial charge in [0.1, 0.15) is 5.60 Å². The monoisotopic (exact) mass is 452 g/mol. The summed E-state index contributed by atoms with van der Waals surface area (Å²) in [5, 5.41) is 2.56. The number of aliphatic imine (C=N–C) groups is 1. The number of nitrogens with one attached hydrogen (secondary N) is 2. The van der Waals surface area contributed by atoms with Crippen LogP contribution in [0.3, 0.4) is 0 Å². The van der Waals surface area contributed by atoms with Gasteiger partial charge in [0.2, 0.25) is 5.96 Å². The van der Waals surface area contributed by atoms with E-state index in [2.05, 4.69) is 21.6 Å². The number of Topliss-reactive ketones (excluding diaryl/α,β-unsaturated/α-hetero) is 1. The molecule has 1 atom stereocenters. The second-order valence-electron chi connectivity index (χ2n) is 7.99. The number of hydrogen-bond donors (Lipinski definition) is 3. The topological polar surface area (TPSA) is 140 Å². The van der Waals surface area contributed by atoms with Gasteiger partial charge in [-0.1, -0.05) is 23.8 Å². The lowest BCUT2D eigenvalue weighted by Crippen LogP contribution is -2.43. The third-order valence-electron chi connectivity index (χ3n) is 3.93. The van der Waals surface area contributed by atoms with Crippen molar-refractivity contribution in [1.82, 2.24) is 10.0 Å². The van der Waals surface area contributed by atoms with Gasteiger partial charge in [-0.2, -0.15) is 0 Å². The maximum atomic E-state index is 12.3. The zero-order valence-corrected chi connectivity index (χ0v) is 19.3. The van der Waals surface area contributed by atoms with E-state index in [-0.39, 0.29) is 36.0 Å². The molecule has 0 aliphatic carbocycles. The average molecular weight is 453 g/mol. The highest BCUT2D eigenvalue weighted by Gasteiger charge is 2.23. The number of benzene rings is 1. The Morgan fingerprint density at radius 2 is 1.87 bits per heavy atom. The number of guanidine groups is 1. The SMILES string of the molecule is C=CCC(=O)C(CCCN=C(N)NS(=O)(=O)c1ccc(C)cc1)NC(=O)OC(C)(C)C. The van der Waals surface area contributed by atoms with Crippen LogP contribution in [-0.2, 0) is 19.6 Å². The summed E-state index contributed by atoms with van der Waals surface area (Å²) in [7, 11) is -3.83. The van der Waals surface area contributed by atoms with Crippen molar-refractivity contribution >= 4 is 27.9 Å². The number of amides is 1. The molecule has 0 aliphatic rings. The van der Waals surface area contributed by atoms with E-state index in [0.29, 0.717) is 6.42 Å². The molecule has 1 rings (SSSR count). The minimum Gasteiger partial charge on any atom is -0.444 e. The molecule has 0 bridgehead atoms. The number of nitrogens with zero attached hydrogens (tertiary/aromatic N) is 1. The van der Waals surface area contributed by atoms with Crippen molar-refractivity contribution in [3.05, 3.63) is 42.5 Å². The van der Waals surface area contributed by atoms with Crippen LogP contribution >= 0.6 is 0 Å². The molecule has 0 saturated heterocycles. The van der Waals surface area contributed by atoms with Crippen molar-refractivity contribution in [3.8, 4) is 0 Å². The number of nitrogens with two attached hydrogens (primary N) is 1. The van der Waals surface area contributed by atoms with Gasteiger partial charge >= 0.3 is 6.09 Å². The molecule has 0 aromatic heterocycles. The number of sulfonamides is 1. The lowest BCUT2D eigenvalue weighted by Gasteiger charge is -2.23. The smallest absolute Gasteiger partial charge is 0.408 e. The first-order valence-corrected chi connectivity index (χ1v) is 11.3. The second-order valence-corrected chi connectivity index (χ2v) is 9.67. The summed E-state index contributed by atoms with van der Waals surface area (Å²) in [4.78, 5) is 28.3. The van der Waals surface area contributed by atoms with Gasteiger partial charge in [0.15, 0.2) is 5.78 Å². The van der Waals surface area contributed by atoms with Crippen molar-refractivity contribution in [2.24, 2.45) is 10.7 Å². The molecule has 172 valence electrons. The van der Waals surface area contributed by atoms with E-state index in [0.717, 1.165) is 5.56 Å². The summed E-state index contributed by atoms with van der Waals surface area (Å²) >= 11 is 0. The first-order valence-electron chi connectivity index (χ1n) is 9.86. The Hall–Kier alpha value is -2.88. The summed E-state index contributed by atoms with van der Waals surface area (Å²) in [5.41, 5.74) is 5.93. The minimum atomic E-state index is -3.83. The fraction of sp³-hybridized carbons (Fsp3) is 0.476. The first-order chi connectivity index (χ1) is 14.3. The van der Waals surface area contributed by atoms with Gasteiger partial charge in [-0.05, 0) is 52.7 Å². The number of aryl methyl sites for hydroxylation is 1. The number of ketones is 1. The standard InChI is InChI=1S/C21H32N4O5S/c1-6-8-18(26)17(24-20(27)30-21(3,4)5)9-7-14-23-19(22)25-31(28,29)16-12-10-15(2)11-13-16/h6,10-13,17H,1,7-9,14H2,2-5H3,(H,24,27)(H3,22,23,25). The van der Waals surface area contributed by atoms with Crippen molar-refractivity contribution in [3.63, 3.8) is 0 Å². The molecule has 0 fully saturated rings. The highest BCUT2D eigenvalue weighted by Crippen LogP contribution is 2.10.